The zero-order valence-corrected chi connectivity index (χ0v) is 13.4. The van der Waals surface area contributed by atoms with Gasteiger partial charge in [0.1, 0.15) is 5.75 Å². The third kappa shape index (κ3) is 4.04. The zero-order chi connectivity index (χ0) is 15.2. The number of hydrazone groups is 1. The fraction of sp³-hybridized carbons (Fsp3) is 0.250. The number of carbonyl (C=O) groups excluding carboxylic acids is 1. The minimum Gasteiger partial charge on any atom is -0.507 e. The average molecular weight is 349 g/mol. The Morgan fingerprint density at radius 3 is 2.95 bits per heavy atom. The number of nitrogens with one attached hydrogen (secondary N) is 1. The van der Waals surface area contributed by atoms with E-state index in [0.29, 0.717) is 12.0 Å². The molecule has 2 aromatic rings. The van der Waals surface area contributed by atoms with Crippen molar-refractivity contribution in [1.29, 1.82) is 0 Å². The van der Waals surface area contributed by atoms with Crippen LogP contribution in [0, 0.1) is 0 Å². The predicted molar refractivity (Wildman–Crippen MR) is 88.6 cm³/mol. The maximum atomic E-state index is 11.5. The molecule has 4 nitrogen and oxygen atoms in total. The van der Waals surface area contributed by atoms with Crippen molar-refractivity contribution in [1.82, 2.24) is 5.43 Å². The summed E-state index contributed by atoms with van der Waals surface area (Å²) in [5.74, 6) is 0.0203. The number of hydrogen-bond donors (Lipinski definition) is 2. The van der Waals surface area contributed by atoms with Gasteiger partial charge in [-0.2, -0.15) is 5.10 Å². The van der Waals surface area contributed by atoms with E-state index in [9.17, 15) is 9.90 Å². The van der Waals surface area contributed by atoms with Crippen molar-refractivity contribution >= 4 is 38.8 Å². The molecule has 0 saturated heterocycles. The second-order valence-corrected chi connectivity index (χ2v) is 5.68. The van der Waals surface area contributed by atoms with E-state index in [-0.39, 0.29) is 11.7 Å². The highest BCUT2D eigenvalue weighted by atomic mass is 79.9. The van der Waals surface area contributed by atoms with Crippen LogP contribution in [0.25, 0.3) is 10.8 Å². The van der Waals surface area contributed by atoms with E-state index in [1.165, 1.54) is 6.21 Å². The first-order valence-corrected chi connectivity index (χ1v) is 7.64. The first-order chi connectivity index (χ1) is 10.1. The number of phenols is 1. The molecule has 2 aromatic carbocycles. The van der Waals surface area contributed by atoms with Crippen LogP contribution in [0.15, 0.2) is 39.9 Å². The van der Waals surface area contributed by atoms with Crippen molar-refractivity contribution in [2.75, 3.05) is 0 Å². The maximum Gasteiger partial charge on any atom is 0.240 e. The lowest BCUT2D eigenvalue weighted by atomic mass is 10.0. The number of nitrogens with zero attached hydrogens (tertiary/aromatic N) is 1. The molecule has 0 radical (unpaired) electrons. The van der Waals surface area contributed by atoms with Crippen molar-refractivity contribution in [3.63, 3.8) is 0 Å². The molecule has 0 bridgehead atoms. The molecule has 2 rings (SSSR count). The molecule has 0 saturated carbocycles. The lowest BCUT2D eigenvalue weighted by Crippen LogP contribution is -2.16. The van der Waals surface area contributed by atoms with Gasteiger partial charge in [0.05, 0.1) is 6.21 Å². The third-order valence-corrected chi connectivity index (χ3v) is 3.63. The van der Waals surface area contributed by atoms with E-state index < -0.39 is 0 Å². The third-order valence-electron chi connectivity index (χ3n) is 3.14. The van der Waals surface area contributed by atoms with Gasteiger partial charge in [0.2, 0.25) is 5.91 Å². The number of halogens is 1. The Labute approximate surface area is 132 Å². The molecule has 0 aliphatic rings. The van der Waals surface area contributed by atoms with Gasteiger partial charge in [-0.05, 0) is 35.4 Å². The van der Waals surface area contributed by atoms with Crippen LogP contribution in [-0.4, -0.2) is 17.2 Å². The van der Waals surface area contributed by atoms with Crippen LogP contribution in [0.5, 0.6) is 5.75 Å². The van der Waals surface area contributed by atoms with Gasteiger partial charge in [-0.3, -0.25) is 4.79 Å². The number of carbonyl (C=O) groups is 1. The molecule has 0 fully saturated rings. The molecule has 2 N–H and O–H groups in total. The molecule has 110 valence electrons. The van der Waals surface area contributed by atoms with Gasteiger partial charge in [-0.25, -0.2) is 5.43 Å². The molecule has 0 aliphatic heterocycles. The Morgan fingerprint density at radius 2 is 2.19 bits per heavy atom. The highest BCUT2D eigenvalue weighted by Crippen LogP contribution is 2.27. The maximum absolute atomic E-state index is 11.5. The summed E-state index contributed by atoms with van der Waals surface area (Å²) in [6, 6.07) is 9.23. The van der Waals surface area contributed by atoms with E-state index in [2.05, 4.69) is 26.5 Å². The Hall–Kier alpha value is -1.88. The summed E-state index contributed by atoms with van der Waals surface area (Å²) in [6.45, 7) is 2.03. The summed E-state index contributed by atoms with van der Waals surface area (Å²) >= 11 is 3.42. The normalized spacial score (nSPS) is 11.1. The number of fused-ring (bicyclic) bond motifs is 1. The Morgan fingerprint density at radius 1 is 1.38 bits per heavy atom. The number of hydrogen-bond acceptors (Lipinski definition) is 3. The molecular weight excluding hydrogens is 332 g/mol. The van der Waals surface area contributed by atoms with E-state index in [0.717, 1.165) is 28.1 Å². The van der Waals surface area contributed by atoms with Gasteiger partial charge < -0.3 is 5.11 Å². The largest absolute Gasteiger partial charge is 0.507 e. The van der Waals surface area contributed by atoms with E-state index in [1.54, 1.807) is 6.07 Å². The Balaban J connectivity index is 2.21. The number of aromatic hydroxyl groups is 1. The van der Waals surface area contributed by atoms with E-state index in [1.807, 2.05) is 31.2 Å². The fourth-order valence-electron chi connectivity index (χ4n) is 2.01. The van der Waals surface area contributed by atoms with Crippen LogP contribution >= 0.6 is 15.9 Å². The van der Waals surface area contributed by atoms with E-state index >= 15 is 0 Å². The van der Waals surface area contributed by atoms with Crippen LogP contribution in [0.2, 0.25) is 0 Å². The van der Waals surface area contributed by atoms with Crippen molar-refractivity contribution in [3.05, 3.63) is 40.4 Å². The lowest BCUT2D eigenvalue weighted by molar-refractivity contribution is -0.121. The fourth-order valence-corrected chi connectivity index (χ4v) is 2.39. The van der Waals surface area contributed by atoms with Gasteiger partial charge in [0.25, 0.3) is 0 Å². The summed E-state index contributed by atoms with van der Waals surface area (Å²) in [6.07, 6.45) is 3.75. The van der Waals surface area contributed by atoms with Gasteiger partial charge in [0.15, 0.2) is 0 Å². The molecule has 5 heteroatoms. The Kier molecular flexibility index (Phi) is 5.33. The minimum atomic E-state index is -0.115. The van der Waals surface area contributed by atoms with Crippen molar-refractivity contribution in [2.24, 2.45) is 5.10 Å². The van der Waals surface area contributed by atoms with Crippen LogP contribution in [0.4, 0.5) is 0 Å². The lowest BCUT2D eigenvalue weighted by Gasteiger charge is -2.05. The van der Waals surface area contributed by atoms with Crippen LogP contribution < -0.4 is 5.43 Å². The highest BCUT2D eigenvalue weighted by molar-refractivity contribution is 9.10. The molecule has 0 aliphatic carbocycles. The summed E-state index contributed by atoms with van der Waals surface area (Å²) in [4.78, 5) is 11.5. The molecule has 0 heterocycles. The molecular formula is C16H17BrN2O2. The van der Waals surface area contributed by atoms with Gasteiger partial charge in [-0.15, -0.1) is 0 Å². The second-order valence-electron chi connectivity index (χ2n) is 4.76. The highest BCUT2D eigenvalue weighted by Gasteiger charge is 2.05. The standard InChI is InChI=1S/C16H17BrN2O2/c1-2-3-4-16(21)19-18-10-14-13-7-6-12(17)9-11(13)5-8-15(14)20/h5-10,20H,2-4H2,1H3,(H,19,21)/b18-10+. The van der Waals surface area contributed by atoms with Gasteiger partial charge in [-0.1, -0.05) is 41.4 Å². The molecule has 0 atom stereocenters. The number of rotatable bonds is 5. The molecule has 0 unspecified atom stereocenters. The number of unbranched alkanes of at least 4 members (excludes halogenated alkanes) is 1. The van der Waals surface area contributed by atoms with Crippen molar-refractivity contribution in [2.45, 2.75) is 26.2 Å². The minimum absolute atomic E-state index is 0.115. The summed E-state index contributed by atoms with van der Waals surface area (Å²) < 4.78 is 0.969. The monoisotopic (exact) mass is 348 g/mol. The molecule has 0 spiro atoms. The topological polar surface area (TPSA) is 61.7 Å². The summed E-state index contributed by atoms with van der Waals surface area (Å²) in [7, 11) is 0. The second kappa shape index (κ2) is 7.22. The van der Waals surface area contributed by atoms with Crippen LogP contribution in [-0.2, 0) is 4.79 Å². The first kappa shape index (κ1) is 15.5. The number of benzene rings is 2. The zero-order valence-electron chi connectivity index (χ0n) is 11.8. The van der Waals surface area contributed by atoms with Gasteiger partial charge in [0, 0.05) is 16.5 Å². The molecule has 21 heavy (non-hydrogen) atoms. The van der Waals surface area contributed by atoms with Crippen molar-refractivity contribution in [3.8, 4) is 5.75 Å². The Bertz CT molecular complexity index is 683. The molecule has 0 aromatic heterocycles. The SMILES string of the molecule is CCCCC(=O)N/N=C/c1c(O)ccc2cc(Br)ccc12. The van der Waals surface area contributed by atoms with Gasteiger partial charge >= 0.3 is 0 Å². The smallest absolute Gasteiger partial charge is 0.240 e. The van der Waals surface area contributed by atoms with Crippen LogP contribution in [0.3, 0.4) is 0 Å². The van der Waals surface area contributed by atoms with Crippen LogP contribution in [0.1, 0.15) is 31.7 Å². The number of amides is 1. The quantitative estimate of drug-likeness (QED) is 0.634. The predicted octanol–water partition coefficient (Wildman–Crippen LogP) is 3.95. The average Bonchev–Trinajstić information content (AvgIpc) is 2.47. The first-order valence-electron chi connectivity index (χ1n) is 6.85. The summed E-state index contributed by atoms with van der Waals surface area (Å²) in [5, 5.41) is 15.8. The molecule has 1 amide bonds. The summed E-state index contributed by atoms with van der Waals surface area (Å²) in [5.41, 5.74) is 3.07. The number of phenolic OH excluding ortho intramolecular Hbond substituents is 1. The van der Waals surface area contributed by atoms with E-state index in [4.69, 9.17) is 0 Å². The van der Waals surface area contributed by atoms with Crippen molar-refractivity contribution < 1.29 is 9.90 Å².